The maximum Gasteiger partial charge on any atom is 0.323 e. The van der Waals surface area contributed by atoms with E-state index in [1.165, 1.54) is 12.1 Å². The van der Waals surface area contributed by atoms with Crippen LogP contribution in [0.15, 0.2) is 48.5 Å². The highest BCUT2D eigenvalue weighted by atomic mass is 35.5. The molecule has 2 amide bonds. The first-order valence-corrected chi connectivity index (χ1v) is 8.11. The van der Waals surface area contributed by atoms with Crippen LogP contribution in [0.4, 0.5) is 20.6 Å². The molecule has 1 heterocycles. The molecule has 128 valence electrons. The summed E-state index contributed by atoms with van der Waals surface area (Å²) in [6.07, 6.45) is 0.638. The van der Waals surface area contributed by atoms with E-state index in [-0.39, 0.29) is 5.82 Å². The Balaban J connectivity index is 1.84. The highest BCUT2D eigenvalue weighted by molar-refractivity contribution is 6.30. The lowest BCUT2D eigenvalue weighted by molar-refractivity contribution is 0.262. The number of anilines is 2. The van der Waals surface area contributed by atoms with Crippen molar-refractivity contribution in [2.24, 2.45) is 0 Å². The molecule has 3 N–H and O–H groups in total. The average molecular weight is 359 g/mol. The van der Waals surface area contributed by atoms with Gasteiger partial charge in [-0.15, -0.1) is 0 Å². The first kappa shape index (κ1) is 17.0. The number of aromatic amines is 1. The van der Waals surface area contributed by atoms with Crippen LogP contribution in [0.1, 0.15) is 12.6 Å². The van der Waals surface area contributed by atoms with E-state index in [4.69, 9.17) is 11.6 Å². The second-order valence-corrected chi connectivity index (χ2v) is 5.81. The fraction of sp³-hybridized carbons (Fsp3) is 0.111. The molecule has 0 aliphatic rings. The van der Waals surface area contributed by atoms with E-state index in [0.717, 1.165) is 5.69 Å². The van der Waals surface area contributed by atoms with E-state index in [9.17, 15) is 9.18 Å². The Bertz CT molecular complexity index is 892. The molecule has 0 spiro atoms. The normalized spacial score (nSPS) is 10.5. The standard InChI is InChI=1S/C18H16ClFN4O/c1-2-15-17(16(24-23-15)11-4-3-5-13(20)10-11)22-18(25)21-14-8-6-12(19)7-9-14/h3-10H,2H2,1H3,(H,23,24)(H2,21,22,25). The van der Waals surface area contributed by atoms with Gasteiger partial charge in [0, 0.05) is 16.3 Å². The van der Waals surface area contributed by atoms with Crippen LogP contribution in [0.2, 0.25) is 5.02 Å². The Morgan fingerprint density at radius 3 is 2.64 bits per heavy atom. The zero-order chi connectivity index (χ0) is 17.8. The summed E-state index contributed by atoms with van der Waals surface area (Å²) in [6.45, 7) is 1.94. The fourth-order valence-electron chi connectivity index (χ4n) is 2.42. The minimum Gasteiger partial charge on any atom is -0.308 e. The van der Waals surface area contributed by atoms with E-state index in [2.05, 4.69) is 20.8 Å². The largest absolute Gasteiger partial charge is 0.323 e. The van der Waals surface area contributed by atoms with Crippen molar-refractivity contribution < 1.29 is 9.18 Å². The number of nitrogens with one attached hydrogen (secondary N) is 3. The van der Waals surface area contributed by atoms with Crippen LogP contribution in [0.5, 0.6) is 0 Å². The monoisotopic (exact) mass is 358 g/mol. The van der Waals surface area contributed by atoms with Gasteiger partial charge in [-0.05, 0) is 42.8 Å². The Morgan fingerprint density at radius 2 is 1.96 bits per heavy atom. The first-order valence-electron chi connectivity index (χ1n) is 7.73. The molecular formula is C18H16ClFN4O. The van der Waals surface area contributed by atoms with Gasteiger partial charge in [0.2, 0.25) is 0 Å². The van der Waals surface area contributed by atoms with Crippen LogP contribution < -0.4 is 10.6 Å². The number of hydrogen-bond acceptors (Lipinski definition) is 2. The van der Waals surface area contributed by atoms with Crippen molar-refractivity contribution >= 4 is 29.0 Å². The van der Waals surface area contributed by atoms with Gasteiger partial charge >= 0.3 is 6.03 Å². The number of H-pyrrole nitrogens is 1. The highest BCUT2D eigenvalue weighted by Crippen LogP contribution is 2.29. The number of aromatic nitrogens is 2. The molecule has 0 saturated carbocycles. The number of urea groups is 1. The topological polar surface area (TPSA) is 69.8 Å². The molecular weight excluding hydrogens is 343 g/mol. The van der Waals surface area contributed by atoms with Crippen LogP contribution >= 0.6 is 11.6 Å². The number of rotatable bonds is 4. The zero-order valence-electron chi connectivity index (χ0n) is 13.4. The molecule has 3 aromatic rings. The Kier molecular flexibility index (Phi) is 5.00. The fourth-order valence-corrected chi connectivity index (χ4v) is 2.55. The molecule has 0 bridgehead atoms. The first-order chi connectivity index (χ1) is 12.1. The molecule has 0 radical (unpaired) electrons. The summed E-state index contributed by atoms with van der Waals surface area (Å²) in [5, 5.41) is 13.2. The van der Waals surface area contributed by atoms with Crippen LogP contribution in [0.3, 0.4) is 0 Å². The molecule has 0 atom stereocenters. The number of hydrogen-bond donors (Lipinski definition) is 3. The third-order valence-electron chi connectivity index (χ3n) is 3.63. The Hall–Kier alpha value is -2.86. The van der Waals surface area contributed by atoms with Crippen LogP contribution in [0, 0.1) is 5.82 Å². The smallest absolute Gasteiger partial charge is 0.308 e. The molecule has 0 aliphatic heterocycles. The van der Waals surface area contributed by atoms with Gasteiger partial charge in [-0.2, -0.15) is 5.10 Å². The molecule has 7 heteroatoms. The third kappa shape index (κ3) is 3.97. The molecule has 1 aromatic heterocycles. The molecule has 5 nitrogen and oxygen atoms in total. The Labute approximate surface area is 149 Å². The summed E-state index contributed by atoms with van der Waals surface area (Å²) in [5.74, 6) is -0.366. The van der Waals surface area contributed by atoms with Crippen LogP contribution in [-0.4, -0.2) is 16.2 Å². The second-order valence-electron chi connectivity index (χ2n) is 5.38. The van der Waals surface area contributed by atoms with Crippen molar-refractivity contribution in [1.29, 1.82) is 0 Å². The minimum atomic E-state index is -0.420. The molecule has 25 heavy (non-hydrogen) atoms. The van der Waals surface area contributed by atoms with E-state index in [1.807, 2.05) is 6.92 Å². The molecule has 0 saturated heterocycles. The Morgan fingerprint density at radius 1 is 1.20 bits per heavy atom. The summed E-state index contributed by atoms with van der Waals surface area (Å²) >= 11 is 5.83. The lowest BCUT2D eigenvalue weighted by Gasteiger charge is -2.10. The van der Waals surface area contributed by atoms with E-state index in [0.29, 0.717) is 34.1 Å². The van der Waals surface area contributed by atoms with E-state index >= 15 is 0 Å². The number of nitrogens with zero attached hydrogens (tertiary/aromatic N) is 1. The lowest BCUT2D eigenvalue weighted by atomic mass is 10.1. The second kappa shape index (κ2) is 7.36. The molecule has 2 aromatic carbocycles. The van der Waals surface area contributed by atoms with Gasteiger partial charge in [-0.25, -0.2) is 9.18 Å². The van der Waals surface area contributed by atoms with Gasteiger partial charge in [0.15, 0.2) is 0 Å². The summed E-state index contributed by atoms with van der Waals surface area (Å²) in [5.41, 5.74) is 2.96. The lowest BCUT2D eigenvalue weighted by Crippen LogP contribution is -2.20. The van der Waals surface area contributed by atoms with Gasteiger partial charge in [0.05, 0.1) is 11.4 Å². The van der Waals surface area contributed by atoms with Gasteiger partial charge in [0.1, 0.15) is 11.5 Å². The number of halogens is 2. The molecule has 0 unspecified atom stereocenters. The number of aryl methyl sites for hydroxylation is 1. The summed E-state index contributed by atoms with van der Waals surface area (Å²) < 4.78 is 13.5. The predicted octanol–water partition coefficient (Wildman–Crippen LogP) is 5.08. The molecule has 0 aliphatic carbocycles. The van der Waals surface area contributed by atoms with Crippen molar-refractivity contribution in [3.8, 4) is 11.3 Å². The number of amides is 2. The van der Waals surface area contributed by atoms with Gasteiger partial charge in [0.25, 0.3) is 0 Å². The van der Waals surface area contributed by atoms with Crippen molar-refractivity contribution in [1.82, 2.24) is 10.2 Å². The van der Waals surface area contributed by atoms with Crippen molar-refractivity contribution in [2.45, 2.75) is 13.3 Å². The van der Waals surface area contributed by atoms with E-state index < -0.39 is 6.03 Å². The van der Waals surface area contributed by atoms with Crippen molar-refractivity contribution in [3.63, 3.8) is 0 Å². The number of benzene rings is 2. The summed E-state index contributed by atoms with van der Waals surface area (Å²) in [4.78, 5) is 12.3. The van der Waals surface area contributed by atoms with E-state index in [1.54, 1.807) is 36.4 Å². The maximum atomic E-state index is 13.5. The summed E-state index contributed by atoms with van der Waals surface area (Å²) in [7, 11) is 0. The highest BCUT2D eigenvalue weighted by Gasteiger charge is 2.17. The summed E-state index contributed by atoms with van der Waals surface area (Å²) in [6, 6.07) is 12.4. The van der Waals surface area contributed by atoms with Crippen molar-refractivity contribution in [3.05, 3.63) is 65.1 Å². The quantitative estimate of drug-likeness (QED) is 0.609. The average Bonchev–Trinajstić information content (AvgIpc) is 2.99. The van der Waals surface area contributed by atoms with Crippen molar-refractivity contribution in [2.75, 3.05) is 10.6 Å². The SMILES string of the molecule is CCc1[nH]nc(-c2cccc(F)c2)c1NC(=O)Nc1ccc(Cl)cc1. The number of carbonyl (C=O) groups is 1. The van der Waals surface area contributed by atoms with Crippen LogP contribution in [0.25, 0.3) is 11.3 Å². The molecule has 0 fully saturated rings. The third-order valence-corrected chi connectivity index (χ3v) is 3.89. The molecule has 3 rings (SSSR count). The van der Waals surface area contributed by atoms with Gasteiger partial charge < -0.3 is 10.6 Å². The van der Waals surface area contributed by atoms with Gasteiger partial charge in [-0.3, -0.25) is 5.10 Å². The van der Waals surface area contributed by atoms with Gasteiger partial charge in [-0.1, -0.05) is 30.7 Å². The zero-order valence-corrected chi connectivity index (χ0v) is 14.2. The number of carbonyl (C=O) groups excluding carboxylic acids is 1. The van der Waals surface area contributed by atoms with Crippen LogP contribution in [-0.2, 0) is 6.42 Å². The predicted molar refractivity (Wildman–Crippen MR) is 97.5 cm³/mol. The minimum absolute atomic E-state index is 0.366. The maximum absolute atomic E-state index is 13.5.